The Balaban J connectivity index is 0. The number of hydrogen-bond donors (Lipinski definition) is 1. The summed E-state index contributed by atoms with van der Waals surface area (Å²) in [6.07, 6.45) is 8.44. The molecule has 0 spiro atoms. The van der Waals surface area contributed by atoms with Crippen molar-refractivity contribution in [3.05, 3.63) is 77.3 Å². The second kappa shape index (κ2) is 25.0. The summed E-state index contributed by atoms with van der Waals surface area (Å²) in [5.74, 6) is -0.833. The minimum atomic E-state index is -0.833. The molecule has 0 saturated carbocycles. The highest BCUT2D eigenvalue weighted by Crippen LogP contribution is 2.35. The molecule has 0 radical (unpaired) electrons. The number of allylic oxidation sites excluding steroid dienone is 4. The van der Waals surface area contributed by atoms with Crippen LogP contribution < -0.4 is 4.90 Å². The van der Waals surface area contributed by atoms with Crippen molar-refractivity contribution >= 4 is 35.0 Å². The normalized spacial score (nSPS) is 13.8. The maximum Gasteiger partial charge on any atom is 0.300 e. The topological polar surface area (TPSA) is 92.2 Å². The number of thiazole rings is 1. The lowest BCUT2D eigenvalue weighted by Crippen LogP contribution is -2.52. The molecule has 9 heteroatoms. The van der Waals surface area contributed by atoms with Gasteiger partial charge in [0.05, 0.1) is 22.8 Å². The van der Waals surface area contributed by atoms with E-state index in [0.29, 0.717) is 13.2 Å². The number of rotatable bonds is 10. The molecular formula is C37H61N3O5S. The van der Waals surface area contributed by atoms with Gasteiger partial charge in [-0.1, -0.05) is 77.6 Å². The number of carboxylic acid groups (broad SMARTS) is 1. The van der Waals surface area contributed by atoms with E-state index in [0.717, 1.165) is 67.8 Å². The van der Waals surface area contributed by atoms with Crippen LogP contribution in [-0.2, 0) is 31.0 Å². The SMILES string of the molecule is C=C/C(=C\C)c1nc(C(C)(C)C)sc1CN1CCC(CN(C=O)c2ccccc2)(OCC)CC1.C=CC.CC.CC(=O)O.COC. The van der Waals surface area contributed by atoms with Gasteiger partial charge in [-0.3, -0.25) is 14.5 Å². The van der Waals surface area contributed by atoms with Gasteiger partial charge in [0.25, 0.3) is 5.97 Å². The molecule has 1 fully saturated rings. The Morgan fingerprint density at radius 3 is 2.02 bits per heavy atom. The van der Waals surface area contributed by atoms with E-state index in [-0.39, 0.29) is 11.0 Å². The Morgan fingerprint density at radius 2 is 1.63 bits per heavy atom. The number of likely N-dealkylation sites (tertiary alicyclic amines) is 1. The predicted octanol–water partition coefficient (Wildman–Crippen LogP) is 8.64. The monoisotopic (exact) mass is 659 g/mol. The minimum Gasteiger partial charge on any atom is -0.481 e. The molecule has 0 unspecified atom stereocenters. The van der Waals surface area contributed by atoms with Crippen molar-refractivity contribution < 1.29 is 24.2 Å². The number of amides is 1. The van der Waals surface area contributed by atoms with Crippen LogP contribution in [0, 0.1) is 0 Å². The molecule has 0 atom stereocenters. The first-order valence-corrected chi connectivity index (χ1v) is 16.7. The van der Waals surface area contributed by atoms with Crippen molar-refractivity contribution in [2.75, 3.05) is 45.4 Å². The Hall–Kier alpha value is -3.11. The molecule has 2 aromatic rings. The molecule has 2 heterocycles. The number of aliphatic carboxylic acids is 1. The number of hydrogen-bond acceptors (Lipinski definition) is 7. The third-order valence-electron chi connectivity index (χ3n) is 6.40. The second-order valence-electron chi connectivity index (χ2n) is 11.3. The fourth-order valence-electron chi connectivity index (χ4n) is 4.45. The molecule has 3 rings (SSSR count). The van der Waals surface area contributed by atoms with Crippen molar-refractivity contribution in [2.45, 2.75) is 92.7 Å². The molecule has 1 N–H and O–H groups in total. The molecule has 1 amide bonds. The Bertz CT molecular complexity index is 1140. The van der Waals surface area contributed by atoms with Gasteiger partial charge in [0, 0.05) is 63.4 Å². The summed E-state index contributed by atoms with van der Waals surface area (Å²) < 4.78 is 10.6. The van der Waals surface area contributed by atoms with Gasteiger partial charge in [-0.25, -0.2) is 4.98 Å². The molecule has 260 valence electrons. The molecule has 1 aliphatic heterocycles. The number of piperidine rings is 1. The molecule has 1 aliphatic rings. The molecule has 8 nitrogen and oxygen atoms in total. The predicted molar refractivity (Wildman–Crippen MR) is 197 cm³/mol. The number of carbonyl (C=O) groups is 2. The number of carbonyl (C=O) groups excluding carboxylic acids is 1. The first-order chi connectivity index (χ1) is 21.8. The van der Waals surface area contributed by atoms with Crippen molar-refractivity contribution in [1.82, 2.24) is 9.88 Å². The van der Waals surface area contributed by atoms with Crippen LogP contribution in [0.4, 0.5) is 5.69 Å². The summed E-state index contributed by atoms with van der Waals surface area (Å²) in [5.41, 5.74) is 2.74. The highest BCUT2D eigenvalue weighted by Gasteiger charge is 2.37. The summed E-state index contributed by atoms with van der Waals surface area (Å²) in [5, 5.41) is 8.57. The molecule has 1 aromatic carbocycles. The largest absolute Gasteiger partial charge is 0.481 e. The van der Waals surface area contributed by atoms with Crippen molar-refractivity contribution in [2.24, 2.45) is 0 Å². The van der Waals surface area contributed by atoms with Crippen LogP contribution in [0.2, 0.25) is 0 Å². The zero-order valence-electron chi connectivity index (χ0n) is 30.4. The quantitative estimate of drug-likeness (QED) is 0.155. The standard InChI is InChI=1S/C28H39N3O2S.C3H6.C2H4O2.C2H6O.C2H6/c1-7-22(8-2)25-24(34-26(29-25)27(4,5)6)19-30-17-15-28(16-18-30,33-9-3)20-31(21-32)23-13-11-10-12-14-23;1-3-2;1-2(3)4;1-3-2;1-2/h7-8,10-14,21H,1,9,15-20H2,2-6H3;3H,1H2,2H3;1H3,(H,3,4);1-2H3;1-2H3/b22-8+;;;;. The van der Waals surface area contributed by atoms with Crippen LogP contribution in [0.1, 0.15) is 90.7 Å². The number of aromatic nitrogens is 1. The van der Waals surface area contributed by atoms with E-state index >= 15 is 0 Å². The zero-order valence-corrected chi connectivity index (χ0v) is 31.2. The van der Waals surface area contributed by atoms with Gasteiger partial charge in [-0.15, -0.1) is 17.9 Å². The van der Waals surface area contributed by atoms with E-state index in [4.69, 9.17) is 19.6 Å². The number of methoxy groups -OCH3 is 1. The maximum absolute atomic E-state index is 11.9. The van der Waals surface area contributed by atoms with Crippen molar-refractivity contribution in [1.29, 1.82) is 0 Å². The summed E-state index contributed by atoms with van der Waals surface area (Å²) in [6, 6.07) is 9.83. The fraction of sp³-hybridized carbons (Fsp3) is 0.541. The lowest BCUT2D eigenvalue weighted by molar-refractivity contribution is -0.134. The van der Waals surface area contributed by atoms with Gasteiger partial charge in [-0.05, 0) is 51.3 Å². The number of ether oxygens (including phenoxy) is 2. The van der Waals surface area contributed by atoms with Crippen molar-refractivity contribution in [3.63, 3.8) is 0 Å². The molecule has 1 aromatic heterocycles. The van der Waals surface area contributed by atoms with E-state index in [1.807, 2.05) is 82.4 Å². The first kappa shape index (κ1) is 45.0. The average Bonchev–Trinajstić information content (AvgIpc) is 3.44. The summed E-state index contributed by atoms with van der Waals surface area (Å²) in [4.78, 5) is 31.5. The number of anilines is 1. The van der Waals surface area contributed by atoms with Gasteiger partial charge in [0.15, 0.2) is 0 Å². The Kier molecular flexibility index (Phi) is 24.5. The van der Waals surface area contributed by atoms with E-state index in [2.05, 4.69) is 49.6 Å². The summed E-state index contributed by atoms with van der Waals surface area (Å²) in [7, 11) is 3.25. The Labute approximate surface area is 283 Å². The van der Waals surface area contributed by atoms with E-state index in [9.17, 15) is 4.79 Å². The summed E-state index contributed by atoms with van der Waals surface area (Å²) in [6.45, 7) is 29.0. The zero-order chi connectivity index (χ0) is 35.8. The minimum absolute atomic E-state index is 0.0133. The van der Waals surface area contributed by atoms with E-state index < -0.39 is 5.97 Å². The maximum atomic E-state index is 11.9. The molecule has 0 bridgehead atoms. The fourth-order valence-corrected chi connectivity index (χ4v) is 5.64. The second-order valence-corrected chi connectivity index (χ2v) is 12.4. The van der Waals surface area contributed by atoms with Gasteiger partial charge in [0.2, 0.25) is 6.41 Å². The molecule has 46 heavy (non-hydrogen) atoms. The lowest BCUT2D eigenvalue weighted by atomic mass is 9.90. The third-order valence-corrected chi connectivity index (χ3v) is 7.87. The van der Waals surface area contributed by atoms with Gasteiger partial charge < -0.3 is 19.5 Å². The van der Waals surface area contributed by atoms with E-state index in [1.165, 1.54) is 4.88 Å². The molecule has 1 saturated heterocycles. The van der Waals surface area contributed by atoms with Crippen LogP contribution in [0.3, 0.4) is 0 Å². The van der Waals surface area contributed by atoms with Gasteiger partial charge in [-0.2, -0.15) is 0 Å². The number of para-hydroxylation sites is 1. The lowest BCUT2D eigenvalue weighted by Gasteiger charge is -2.43. The van der Waals surface area contributed by atoms with Gasteiger partial charge in [0.1, 0.15) is 0 Å². The smallest absolute Gasteiger partial charge is 0.300 e. The highest BCUT2D eigenvalue weighted by atomic mass is 32.1. The van der Waals surface area contributed by atoms with Crippen LogP contribution >= 0.6 is 11.3 Å². The Morgan fingerprint density at radius 1 is 1.13 bits per heavy atom. The molecular weight excluding hydrogens is 598 g/mol. The van der Waals surface area contributed by atoms with Crippen LogP contribution in [-0.4, -0.2) is 73.4 Å². The summed E-state index contributed by atoms with van der Waals surface area (Å²) >= 11 is 1.81. The van der Waals surface area contributed by atoms with Crippen LogP contribution in [0.5, 0.6) is 0 Å². The first-order valence-electron chi connectivity index (χ1n) is 15.9. The van der Waals surface area contributed by atoms with Crippen molar-refractivity contribution in [3.8, 4) is 0 Å². The third kappa shape index (κ3) is 17.0. The number of benzene rings is 1. The van der Waals surface area contributed by atoms with E-state index in [1.54, 1.807) is 25.2 Å². The number of carboxylic acids is 1. The average molecular weight is 660 g/mol. The van der Waals surface area contributed by atoms with Crippen LogP contribution in [0.25, 0.3) is 5.57 Å². The number of nitrogens with zero attached hydrogens (tertiary/aromatic N) is 3. The van der Waals surface area contributed by atoms with Gasteiger partial charge >= 0.3 is 0 Å². The molecule has 0 aliphatic carbocycles. The highest BCUT2D eigenvalue weighted by molar-refractivity contribution is 7.12. The van der Waals surface area contributed by atoms with Crippen LogP contribution in [0.15, 0.2) is 61.7 Å².